The third-order valence-corrected chi connectivity index (χ3v) is 4.91. The first kappa shape index (κ1) is 15.6. The molecule has 7 heteroatoms. The van der Waals surface area contributed by atoms with Crippen molar-refractivity contribution in [2.45, 2.75) is 5.25 Å². The van der Waals surface area contributed by atoms with Crippen LogP contribution in [0.1, 0.15) is 0 Å². The molecule has 1 saturated heterocycles. The third kappa shape index (κ3) is 4.10. The van der Waals surface area contributed by atoms with E-state index in [-0.39, 0.29) is 11.2 Å². The van der Waals surface area contributed by atoms with E-state index in [1.54, 1.807) is 11.8 Å². The molecule has 0 amide bonds. The number of thiocarbonyl (C=S) groups is 1. The Bertz CT molecular complexity index is 513. The third-order valence-electron chi connectivity index (χ3n) is 2.89. The van der Waals surface area contributed by atoms with Crippen molar-refractivity contribution in [3.63, 3.8) is 0 Å². The van der Waals surface area contributed by atoms with Crippen LogP contribution in [0.4, 0.5) is 5.69 Å². The maximum atomic E-state index is 11.6. The van der Waals surface area contributed by atoms with Crippen molar-refractivity contribution in [2.24, 2.45) is 0 Å². The van der Waals surface area contributed by atoms with Crippen LogP contribution < -0.4 is 5.32 Å². The van der Waals surface area contributed by atoms with Gasteiger partial charge in [0, 0.05) is 29.0 Å². The Morgan fingerprint density at radius 3 is 3.10 bits per heavy atom. The van der Waals surface area contributed by atoms with E-state index in [4.69, 9.17) is 17.0 Å². The fourth-order valence-electron chi connectivity index (χ4n) is 1.88. The number of anilines is 1. The largest absolute Gasteiger partial charge is 0.468 e. The van der Waals surface area contributed by atoms with Crippen molar-refractivity contribution in [2.75, 3.05) is 31.3 Å². The Balaban J connectivity index is 1.97. The van der Waals surface area contributed by atoms with Gasteiger partial charge in [-0.2, -0.15) is 0 Å². The number of carbonyl (C=O) groups is 1. The van der Waals surface area contributed by atoms with Gasteiger partial charge in [-0.3, -0.25) is 4.79 Å². The number of carbonyl (C=O) groups excluding carboxylic acids is 1. The molecule has 1 aliphatic rings. The van der Waals surface area contributed by atoms with Crippen LogP contribution in [0.5, 0.6) is 0 Å². The number of nitrogens with one attached hydrogen (secondary N) is 1. The first-order valence-electron chi connectivity index (χ1n) is 6.11. The summed E-state index contributed by atoms with van der Waals surface area (Å²) in [6, 6.07) is 7.81. The SMILES string of the molecule is COC(=O)[C@@H]1CN(C(=S)Nc2cccc(Br)c2)CCS1. The molecule has 4 nitrogen and oxygen atoms in total. The molecule has 1 heterocycles. The predicted molar refractivity (Wildman–Crippen MR) is 90.2 cm³/mol. The minimum atomic E-state index is -0.190. The maximum absolute atomic E-state index is 11.6. The summed E-state index contributed by atoms with van der Waals surface area (Å²) in [5.74, 6) is 0.671. The standard InChI is InChI=1S/C13H15BrN2O2S2/c1-18-12(17)11-8-16(5-6-20-11)13(19)15-10-4-2-3-9(14)7-10/h2-4,7,11H,5-6,8H2,1H3,(H,15,19)/t11-/m0/s1. The molecule has 0 aliphatic carbocycles. The molecule has 0 aromatic heterocycles. The average Bonchev–Trinajstić information content (AvgIpc) is 2.46. The Morgan fingerprint density at radius 2 is 2.40 bits per heavy atom. The molecule has 20 heavy (non-hydrogen) atoms. The van der Waals surface area contributed by atoms with Crippen molar-refractivity contribution >= 4 is 56.7 Å². The van der Waals surface area contributed by atoms with Crippen molar-refractivity contribution < 1.29 is 9.53 Å². The molecular weight excluding hydrogens is 360 g/mol. The van der Waals surface area contributed by atoms with Crippen molar-refractivity contribution in [1.29, 1.82) is 0 Å². The normalized spacial score (nSPS) is 18.5. The van der Waals surface area contributed by atoms with Gasteiger partial charge in [-0.15, -0.1) is 11.8 Å². The number of esters is 1. The predicted octanol–water partition coefficient (Wildman–Crippen LogP) is 2.74. The van der Waals surface area contributed by atoms with E-state index in [0.717, 1.165) is 22.5 Å². The average molecular weight is 375 g/mol. The number of hydrogen-bond donors (Lipinski definition) is 1. The summed E-state index contributed by atoms with van der Waals surface area (Å²) in [5.41, 5.74) is 0.928. The molecule has 1 atom stereocenters. The molecule has 0 spiro atoms. The summed E-state index contributed by atoms with van der Waals surface area (Å²) in [6.45, 7) is 1.41. The van der Waals surface area contributed by atoms with Crippen LogP contribution in [-0.2, 0) is 9.53 Å². The van der Waals surface area contributed by atoms with Gasteiger partial charge in [0.1, 0.15) is 5.25 Å². The zero-order valence-corrected chi connectivity index (χ0v) is 14.2. The number of nitrogens with zero attached hydrogens (tertiary/aromatic N) is 1. The summed E-state index contributed by atoms with van der Waals surface area (Å²) in [7, 11) is 1.42. The van der Waals surface area contributed by atoms with Crippen molar-refractivity contribution in [3.05, 3.63) is 28.7 Å². The van der Waals surface area contributed by atoms with Crippen LogP contribution in [0.3, 0.4) is 0 Å². The first-order valence-corrected chi connectivity index (χ1v) is 8.36. The van der Waals surface area contributed by atoms with Gasteiger partial charge >= 0.3 is 5.97 Å². The number of rotatable bonds is 2. The zero-order chi connectivity index (χ0) is 14.5. The lowest BCUT2D eigenvalue weighted by Crippen LogP contribution is -2.46. The summed E-state index contributed by atoms with van der Waals surface area (Å²) in [5, 5.41) is 3.66. The number of hydrogen-bond acceptors (Lipinski definition) is 4. The van der Waals surface area contributed by atoms with Crippen LogP contribution >= 0.6 is 39.9 Å². The minimum Gasteiger partial charge on any atom is -0.468 e. The monoisotopic (exact) mass is 374 g/mol. The van der Waals surface area contributed by atoms with Crippen LogP contribution in [-0.4, -0.2) is 47.2 Å². The van der Waals surface area contributed by atoms with Gasteiger partial charge in [-0.1, -0.05) is 22.0 Å². The van der Waals surface area contributed by atoms with Gasteiger partial charge in [0.05, 0.1) is 7.11 Å². The number of benzene rings is 1. The molecule has 1 N–H and O–H groups in total. The molecule has 2 rings (SSSR count). The highest BCUT2D eigenvalue weighted by molar-refractivity contribution is 9.10. The van der Waals surface area contributed by atoms with Gasteiger partial charge in [-0.25, -0.2) is 0 Å². The summed E-state index contributed by atoms with van der Waals surface area (Å²) in [6.07, 6.45) is 0. The molecule has 108 valence electrons. The lowest BCUT2D eigenvalue weighted by Gasteiger charge is -2.33. The molecule has 0 bridgehead atoms. The second kappa shape index (κ2) is 7.28. The second-order valence-electron chi connectivity index (χ2n) is 4.27. The summed E-state index contributed by atoms with van der Waals surface area (Å²) < 4.78 is 5.79. The smallest absolute Gasteiger partial charge is 0.320 e. The van der Waals surface area contributed by atoms with E-state index in [2.05, 4.69) is 21.2 Å². The van der Waals surface area contributed by atoms with Gasteiger partial charge in [0.15, 0.2) is 5.11 Å². The van der Waals surface area contributed by atoms with Gasteiger partial charge < -0.3 is 15.0 Å². The number of thioether (sulfide) groups is 1. The van der Waals surface area contributed by atoms with E-state index in [1.807, 2.05) is 29.2 Å². The lowest BCUT2D eigenvalue weighted by molar-refractivity contribution is -0.140. The fraction of sp³-hybridized carbons (Fsp3) is 0.385. The summed E-state index contributed by atoms with van der Waals surface area (Å²) in [4.78, 5) is 13.6. The van der Waals surface area contributed by atoms with E-state index < -0.39 is 0 Å². The maximum Gasteiger partial charge on any atom is 0.320 e. The summed E-state index contributed by atoms with van der Waals surface area (Å²) >= 11 is 10.5. The molecule has 0 unspecified atom stereocenters. The molecule has 1 aliphatic heterocycles. The molecule has 1 fully saturated rings. The highest BCUT2D eigenvalue weighted by Crippen LogP contribution is 2.21. The Hall–Kier alpha value is -0.790. The zero-order valence-electron chi connectivity index (χ0n) is 11.0. The number of methoxy groups -OCH3 is 1. The lowest BCUT2D eigenvalue weighted by atomic mass is 10.3. The topological polar surface area (TPSA) is 41.6 Å². The highest BCUT2D eigenvalue weighted by atomic mass is 79.9. The van der Waals surface area contributed by atoms with Crippen LogP contribution in [0.25, 0.3) is 0 Å². The van der Waals surface area contributed by atoms with Crippen LogP contribution in [0.15, 0.2) is 28.7 Å². The first-order chi connectivity index (χ1) is 9.60. The van der Waals surface area contributed by atoms with Crippen molar-refractivity contribution in [1.82, 2.24) is 4.90 Å². The number of halogens is 1. The molecule has 0 saturated carbocycles. The highest BCUT2D eigenvalue weighted by Gasteiger charge is 2.28. The number of ether oxygens (including phenoxy) is 1. The van der Waals surface area contributed by atoms with E-state index >= 15 is 0 Å². The van der Waals surface area contributed by atoms with Gasteiger partial charge in [-0.05, 0) is 30.4 Å². The van der Waals surface area contributed by atoms with Gasteiger partial charge in [0.25, 0.3) is 0 Å². The Labute approximate surface area is 136 Å². The van der Waals surface area contributed by atoms with Gasteiger partial charge in [0.2, 0.25) is 0 Å². The second-order valence-corrected chi connectivity index (χ2v) is 6.88. The molecular formula is C13H15BrN2O2S2. The van der Waals surface area contributed by atoms with E-state index in [1.165, 1.54) is 7.11 Å². The van der Waals surface area contributed by atoms with E-state index in [9.17, 15) is 4.79 Å². The molecule has 1 aromatic carbocycles. The molecule has 1 aromatic rings. The fourth-order valence-corrected chi connectivity index (χ4v) is 3.69. The molecule has 0 radical (unpaired) electrons. The Kier molecular flexibility index (Phi) is 5.68. The van der Waals surface area contributed by atoms with Crippen LogP contribution in [0.2, 0.25) is 0 Å². The Morgan fingerprint density at radius 1 is 1.60 bits per heavy atom. The van der Waals surface area contributed by atoms with Crippen LogP contribution in [0, 0.1) is 0 Å². The van der Waals surface area contributed by atoms with Crippen molar-refractivity contribution in [3.8, 4) is 0 Å². The minimum absolute atomic E-state index is 0.170. The quantitative estimate of drug-likeness (QED) is 0.633. The van der Waals surface area contributed by atoms with E-state index in [0.29, 0.717) is 11.7 Å².